The van der Waals surface area contributed by atoms with Crippen LogP contribution in [0.5, 0.6) is 11.5 Å². The van der Waals surface area contributed by atoms with Gasteiger partial charge in [-0.25, -0.2) is 0 Å². The molecule has 2 nitrogen and oxygen atoms in total. The predicted molar refractivity (Wildman–Crippen MR) is 80.6 cm³/mol. The van der Waals surface area contributed by atoms with Crippen LogP contribution in [-0.4, -0.2) is 5.11 Å². The summed E-state index contributed by atoms with van der Waals surface area (Å²) < 4.78 is 6.88. The first-order valence-electron chi connectivity index (χ1n) is 6.32. The molecule has 0 amide bonds. The Morgan fingerprint density at radius 1 is 1.16 bits per heavy atom. The van der Waals surface area contributed by atoms with E-state index >= 15 is 0 Å². The van der Waals surface area contributed by atoms with Gasteiger partial charge in [-0.15, -0.1) is 0 Å². The van der Waals surface area contributed by atoms with E-state index in [1.807, 2.05) is 56.3 Å². The smallest absolute Gasteiger partial charge is 0.131 e. The van der Waals surface area contributed by atoms with Gasteiger partial charge in [-0.3, -0.25) is 0 Å². The summed E-state index contributed by atoms with van der Waals surface area (Å²) in [7, 11) is 0. The van der Waals surface area contributed by atoms with Gasteiger partial charge in [-0.05, 0) is 43.2 Å². The maximum absolute atomic E-state index is 9.74. The number of ether oxygens (including phenoxy) is 1. The van der Waals surface area contributed by atoms with E-state index in [1.54, 1.807) is 0 Å². The number of rotatable bonds is 4. The van der Waals surface area contributed by atoms with Gasteiger partial charge in [0.2, 0.25) is 0 Å². The lowest BCUT2D eigenvalue weighted by Gasteiger charge is -2.12. The zero-order chi connectivity index (χ0) is 13.8. The van der Waals surface area contributed by atoms with Crippen molar-refractivity contribution in [1.82, 2.24) is 0 Å². The summed E-state index contributed by atoms with van der Waals surface area (Å²) in [6.45, 7) is 3.97. The topological polar surface area (TPSA) is 29.5 Å². The SMILES string of the molecule is CCC(O)c1ccc(Oc2cccc(Br)c2C)cc1. The van der Waals surface area contributed by atoms with E-state index in [2.05, 4.69) is 15.9 Å². The van der Waals surface area contributed by atoms with E-state index in [4.69, 9.17) is 4.74 Å². The van der Waals surface area contributed by atoms with Crippen LogP contribution in [0, 0.1) is 6.92 Å². The number of halogens is 1. The summed E-state index contributed by atoms with van der Waals surface area (Å²) >= 11 is 3.49. The molecule has 0 aliphatic carbocycles. The normalized spacial score (nSPS) is 12.2. The van der Waals surface area contributed by atoms with Crippen LogP contribution in [-0.2, 0) is 0 Å². The Morgan fingerprint density at radius 2 is 1.84 bits per heavy atom. The predicted octanol–water partition coefficient (Wildman–Crippen LogP) is 4.99. The van der Waals surface area contributed by atoms with Gasteiger partial charge in [-0.1, -0.05) is 41.1 Å². The summed E-state index contributed by atoms with van der Waals surface area (Å²) in [5, 5.41) is 9.74. The molecule has 0 aromatic heterocycles. The molecule has 0 bridgehead atoms. The van der Waals surface area contributed by atoms with E-state index < -0.39 is 6.10 Å². The third-order valence-electron chi connectivity index (χ3n) is 3.10. The van der Waals surface area contributed by atoms with Gasteiger partial charge in [-0.2, -0.15) is 0 Å². The zero-order valence-corrected chi connectivity index (χ0v) is 12.6. The van der Waals surface area contributed by atoms with E-state index in [9.17, 15) is 5.11 Å². The maximum Gasteiger partial charge on any atom is 0.131 e. The van der Waals surface area contributed by atoms with E-state index in [0.717, 1.165) is 27.1 Å². The molecule has 0 radical (unpaired) electrons. The molecule has 0 aliphatic rings. The number of hydrogen-bond acceptors (Lipinski definition) is 2. The van der Waals surface area contributed by atoms with Gasteiger partial charge < -0.3 is 9.84 Å². The number of benzene rings is 2. The first-order chi connectivity index (χ1) is 9.11. The van der Waals surface area contributed by atoms with Gasteiger partial charge in [0.25, 0.3) is 0 Å². The molecule has 3 heteroatoms. The minimum absolute atomic E-state index is 0.401. The first kappa shape index (κ1) is 14.1. The molecule has 0 fully saturated rings. The quantitative estimate of drug-likeness (QED) is 0.859. The Morgan fingerprint density at radius 3 is 2.47 bits per heavy atom. The second-order valence-corrected chi connectivity index (χ2v) is 5.31. The highest BCUT2D eigenvalue weighted by Crippen LogP contribution is 2.30. The van der Waals surface area contributed by atoms with Crippen molar-refractivity contribution in [2.75, 3.05) is 0 Å². The second kappa shape index (κ2) is 6.22. The van der Waals surface area contributed by atoms with Crippen LogP contribution in [0.15, 0.2) is 46.9 Å². The minimum atomic E-state index is -0.401. The third-order valence-corrected chi connectivity index (χ3v) is 3.96. The van der Waals surface area contributed by atoms with Gasteiger partial charge in [0.05, 0.1) is 6.10 Å². The molecular weight excluding hydrogens is 304 g/mol. The maximum atomic E-state index is 9.74. The van der Waals surface area contributed by atoms with Crippen molar-refractivity contribution >= 4 is 15.9 Å². The van der Waals surface area contributed by atoms with E-state index in [1.165, 1.54) is 0 Å². The average molecular weight is 321 g/mol. The summed E-state index contributed by atoms with van der Waals surface area (Å²) in [6.07, 6.45) is 0.312. The van der Waals surface area contributed by atoms with Crippen LogP contribution in [0.3, 0.4) is 0 Å². The highest BCUT2D eigenvalue weighted by molar-refractivity contribution is 9.10. The average Bonchev–Trinajstić information content (AvgIpc) is 2.44. The Kier molecular flexibility index (Phi) is 4.61. The second-order valence-electron chi connectivity index (χ2n) is 4.46. The third kappa shape index (κ3) is 3.37. The molecule has 0 spiro atoms. The van der Waals surface area contributed by atoms with Gasteiger partial charge in [0.1, 0.15) is 11.5 Å². The van der Waals surface area contributed by atoms with Gasteiger partial charge >= 0.3 is 0 Å². The Hall–Kier alpha value is -1.32. The monoisotopic (exact) mass is 320 g/mol. The molecule has 19 heavy (non-hydrogen) atoms. The van der Waals surface area contributed by atoms with Gasteiger partial charge in [0.15, 0.2) is 0 Å². The minimum Gasteiger partial charge on any atom is -0.457 e. The molecule has 1 atom stereocenters. The molecule has 0 aliphatic heterocycles. The first-order valence-corrected chi connectivity index (χ1v) is 7.12. The molecule has 100 valence electrons. The molecule has 0 heterocycles. The lowest BCUT2D eigenvalue weighted by molar-refractivity contribution is 0.173. The van der Waals surface area contributed by atoms with Crippen LogP contribution in [0.4, 0.5) is 0 Å². The van der Waals surface area contributed by atoms with Crippen molar-refractivity contribution in [2.45, 2.75) is 26.4 Å². The van der Waals surface area contributed by atoms with Crippen molar-refractivity contribution in [3.05, 3.63) is 58.1 Å². The summed E-state index contributed by atoms with van der Waals surface area (Å²) in [4.78, 5) is 0. The van der Waals surface area contributed by atoms with Crippen LogP contribution < -0.4 is 4.74 Å². The lowest BCUT2D eigenvalue weighted by Crippen LogP contribution is -1.95. The summed E-state index contributed by atoms with van der Waals surface area (Å²) in [6, 6.07) is 13.4. The van der Waals surface area contributed by atoms with Crippen molar-refractivity contribution in [1.29, 1.82) is 0 Å². The zero-order valence-electron chi connectivity index (χ0n) is 11.1. The molecule has 2 aromatic rings. The van der Waals surface area contributed by atoms with Crippen LogP contribution in [0.2, 0.25) is 0 Å². The molecule has 0 saturated heterocycles. The highest BCUT2D eigenvalue weighted by atomic mass is 79.9. The number of aliphatic hydroxyl groups excluding tert-OH is 1. The van der Waals surface area contributed by atoms with Crippen LogP contribution in [0.1, 0.15) is 30.6 Å². The van der Waals surface area contributed by atoms with Gasteiger partial charge in [0, 0.05) is 10.0 Å². The standard InChI is InChI=1S/C16H17BrO2/c1-3-15(18)12-7-9-13(10-8-12)19-16-6-4-5-14(17)11(16)2/h4-10,15,18H,3H2,1-2H3. The fraction of sp³-hybridized carbons (Fsp3) is 0.250. The van der Waals surface area contributed by atoms with E-state index in [-0.39, 0.29) is 0 Å². The van der Waals surface area contributed by atoms with Crippen molar-refractivity contribution in [3.8, 4) is 11.5 Å². The fourth-order valence-electron chi connectivity index (χ4n) is 1.82. The molecule has 2 rings (SSSR count). The molecule has 1 N–H and O–H groups in total. The Labute approximate surface area is 122 Å². The highest BCUT2D eigenvalue weighted by Gasteiger charge is 2.06. The van der Waals surface area contributed by atoms with Crippen molar-refractivity contribution in [3.63, 3.8) is 0 Å². The lowest BCUT2D eigenvalue weighted by atomic mass is 10.1. The van der Waals surface area contributed by atoms with Crippen molar-refractivity contribution < 1.29 is 9.84 Å². The number of aliphatic hydroxyl groups is 1. The summed E-state index contributed by atoms with van der Waals surface area (Å²) in [5.41, 5.74) is 1.99. The molecule has 0 saturated carbocycles. The largest absolute Gasteiger partial charge is 0.457 e. The molecule has 1 unspecified atom stereocenters. The van der Waals surface area contributed by atoms with Crippen molar-refractivity contribution in [2.24, 2.45) is 0 Å². The molecule has 2 aromatic carbocycles. The van der Waals surface area contributed by atoms with Crippen LogP contribution in [0.25, 0.3) is 0 Å². The fourth-order valence-corrected chi connectivity index (χ4v) is 2.17. The Balaban J connectivity index is 2.18. The molecular formula is C16H17BrO2. The summed E-state index contributed by atoms with van der Waals surface area (Å²) in [5.74, 6) is 1.60. The van der Waals surface area contributed by atoms with Crippen LogP contribution >= 0.6 is 15.9 Å². The van der Waals surface area contributed by atoms with E-state index in [0.29, 0.717) is 6.42 Å². The number of hydrogen-bond donors (Lipinski definition) is 1. The Bertz CT molecular complexity index is 549.